The van der Waals surface area contributed by atoms with Crippen molar-refractivity contribution < 1.29 is 0 Å². The van der Waals surface area contributed by atoms with Gasteiger partial charge in [-0.25, -0.2) is 0 Å². The van der Waals surface area contributed by atoms with E-state index in [2.05, 4.69) is 26.1 Å². The van der Waals surface area contributed by atoms with Gasteiger partial charge in [-0.2, -0.15) is 0 Å². The van der Waals surface area contributed by atoms with Crippen molar-refractivity contribution in [1.29, 1.82) is 0 Å². The van der Waals surface area contributed by atoms with Crippen LogP contribution in [-0.2, 0) is 0 Å². The molecule has 14 heavy (non-hydrogen) atoms. The lowest BCUT2D eigenvalue weighted by molar-refractivity contribution is 0.341. The summed E-state index contributed by atoms with van der Waals surface area (Å²) in [6.07, 6.45) is 2.88. The van der Waals surface area contributed by atoms with Crippen LogP contribution in [0.5, 0.6) is 0 Å². The minimum Gasteiger partial charge on any atom is -0.316 e. The molecule has 1 saturated carbocycles. The Balaban J connectivity index is 0. The fourth-order valence-corrected chi connectivity index (χ4v) is 1.49. The van der Waals surface area contributed by atoms with E-state index in [1.807, 2.05) is 27.7 Å². The first kappa shape index (κ1) is 16.4. The standard InChI is InChI=1S/C9H19N.2C2H6/c1-4-10-7-9(5-6-9)8(2)3;2*1-2/h8,10H,4-7H2,1-3H3;2*1-2H3. The number of hydrogen-bond acceptors (Lipinski definition) is 1. The molecule has 1 nitrogen and oxygen atoms in total. The Morgan fingerprint density at radius 2 is 1.50 bits per heavy atom. The van der Waals surface area contributed by atoms with Crippen LogP contribution < -0.4 is 5.32 Å². The molecule has 88 valence electrons. The molecule has 1 N–H and O–H groups in total. The van der Waals surface area contributed by atoms with E-state index >= 15 is 0 Å². The summed E-state index contributed by atoms with van der Waals surface area (Å²) in [4.78, 5) is 0. The fourth-order valence-electron chi connectivity index (χ4n) is 1.49. The molecule has 0 spiro atoms. The first-order valence-corrected chi connectivity index (χ1v) is 6.42. The van der Waals surface area contributed by atoms with Crippen LogP contribution in [0.15, 0.2) is 0 Å². The summed E-state index contributed by atoms with van der Waals surface area (Å²) in [6.45, 7) is 17.2. The molecule has 0 amide bonds. The van der Waals surface area contributed by atoms with Gasteiger partial charge in [0.2, 0.25) is 0 Å². The smallest absolute Gasteiger partial charge is 0.00101 e. The predicted octanol–water partition coefficient (Wildman–Crippen LogP) is 4.08. The van der Waals surface area contributed by atoms with E-state index in [0.29, 0.717) is 5.41 Å². The van der Waals surface area contributed by atoms with Crippen LogP contribution in [0.1, 0.15) is 61.3 Å². The van der Waals surface area contributed by atoms with Gasteiger partial charge in [0.15, 0.2) is 0 Å². The van der Waals surface area contributed by atoms with Gasteiger partial charge >= 0.3 is 0 Å². The Hall–Kier alpha value is -0.0400. The highest BCUT2D eigenvalue weighted by Gasteiger charge is 2.44. The average Bonchev–Trinajstić information content (AvgIpc) is 3.02. The Bertz CT molecular complexity index is 104. The van der Waals surface area contributed by atoms with E-state index in [4.69, 9.17) is 0 Å². The molecular weight excluding hydrogens is 170 g/mol. The zero-order valence-corrected chi connectivity index (χ0v) is 11.4. The Morgan fingerprint density at radius 3 is 1.71 bits per heavy atom. The third kappa shape index (κ3) is 5.64. The van der Waals surface area contributed by atoms with Crippen LogP contribution in [-0.4, -0.2) is 13.1 Å². The van der Waals surface area contributed by atoms with Crippen molar-refractivity contribution in [3.63, 3.8) is 0 Å². The fraction of sp³-hybridized carbons (Fsp3) is 1.00. The van der Waals surface area contributed by atoms with Crippen LogP contribution in [0.4, 0.5) is 0 Å². The minimum atomic E-state index is 0.690. The van der Waals surface area contributed by atoms with Crippen molar-refractivity contribution in [2.75, 3.05) is 13.1 Å². The molecule has 0 saturated heterocycles. The van der Waals surface area contributed by atoms with E-state index in [1.54, 1.807) is 0 Å². The van der Waals surface area contributed by atoms with Crippen LogP contribution in [0.25, 0.3) is 0 Å². The minimum absolute atomic E-state index is 0.690. The predicted molar refractivity (Wildman–Crippen MR) is 67.7 cm³/mol. The number of hydrogen-bond donors (Lipinski definition) is 1. The highest BCUT2D eigenvalue weighted by Crippen LogP contribution is 2.51. The summed E-state index contributed by atoms with van der Waals surface area (Å²) in [5.74, 6) is 0.867. The lowest BCUT2D eigenvalue weighted by atomic mass is 9.92. The van der Waals surface area contributed by atoms with Crippen molar-refractivity contribution in [3.05, 3.63) is 0 Å². The molecule has 0 bridgehead atoms. The van der Waals surface area contributed by atoms with Crippen LogP contribution in [0.3, 0.4) is 0 Å². The molecule has 0 heterocycles. The maximum atomic E-state index is 3.43. The topological polar surface area (TPSA) is 12.0 Å². The van der Waals surface area contributed by atoms with Crippen molar-refractivity contribution in [2.24, 2.45) is 11.3 Å². The van der Waals surface area contributed by atoms with Gasteiger partial charge in [0.25, 0.3) is 0 Å². The molecule has 0 unspecified atom stereocenters. The largest absolute Gasteiger partial charge is 0.316 e. The molecule has 0 aromatic heterocycles. The molecular formula is C13H31N. The summed E-state index contributed by atoms with van der Waals surface area (Å²) in [5.41, 5.74) is 0.690. The Kier molecular flexibility index (Phi) is 11.1. The second-order valence-corrected chi connectivity index (χ2v) is 3.80. The van der Waals surface area contributed by atoms with E-state index in [-0.39, 0.29) is 0 Å². The zero-order chi connectivity index (χ0) is 11.6. The van der Waals surface area contributed by atoms with Crippen LogP contribution in [0.2, 0.25) is 0 Å². The molecule has 0 radical (unpaired) electrons. The van der Waals surface area contributed by atoms with Gasteiger partial charge in [-0.15, -0.1) is 0 Å². The summed E-state index contributed by atoms with van der Waals surface area (Å²) in [6, 6.07) is 0. The van der Waals surface area contributed by atoms with Gasteiger partial charge in [-0.1, -0.05) is 48.5 Å². The molecule has 1 fully saturated rings. The number of rotatable bonds is 4. The van der Waals surface area contributed by atoms with Gasteiger partial charge in [0.05, 0.1) is 0 Å². The highest BCUT2D eigenvalue weighted by atomic mass is 14.9. The summed E-state index contributed by atoms with van der Waals surface area (Å²) >= 11 is 0. The van der Waals surface area contributed by atoms with E-state index < -0.39 is 0 Å². The third-order valence-corrected chi connectivity index (χ3v) is 2.84. The third-order valence-electron chi connectivity index (χ3n) is 2.84. The second-order valence-electron chi connectivity index (χ2n) is 3.80. The van der Waals surface area contributed by atoms with Crippen molar-refractivity contribution >= 4 is 0 Å². The first-order valence-electron chi connectivity index (χ1n) is 6.42. The molecule has 0 aromatic carbocycles. The SMILES string of the molecule is CC.CC.CCNCC1(C(C)C)CC1. The summed E-state index contributed by atoms with van der Waals surface area (Å²) in [5, 5.41) is 3.43. The van der Waals surface area contributed by atoms with E-state index in [9.17, 15) is 0 Å². The van der Waals surface area contributed by atoms with Gasteiger partial charge < -0.3 is 5.32 Å². The Morgan fingerprint density at radius 1 is 1.07 bits per heavy atom. The lowest BCUT2D eigenvalue weighted by Crippen LogP contribution is -2.27. The number of nitrogens with one attached hydrogen (secondary N) is 1. The summed E-state index contributed by atoms with van der Waals surface area (Å²) < 4.78 is 0. The van der Waals surface area contributed by atoms with Crippen molar-refractivity contribution in [3.8, 4) is 0 Å². The van der Waals surface area contributed by atoms with E-state index in [0.717, 1.165) is 12.5 Å². The Labute approximate surface area is 91.7 Å². The van der Waals surface area contributed by atoms with E-state index in [1.165, 1.54) is 19.4 Å². The molecule has 0 atom stereocenters. The molecule has 1 aliphatic carbocycles. The molecule has 1 aliphatic rings. The van der Waals surface area contributed by atoms with Gasteiger partial charge in [0, 0.05) is 6.54 Å². The maximum absolute atomic E-state index is 3.43. The van der Waals surface area contributed by atoms with Gasteiger partial charge in [0.1, 0.15) is 0 Å². The second kappa shape index (κ2) is 9.51. The van der Waals surface area contributed by atoms with Crippen molar-refractivity contribution in [2.45, 2.75) is 61.3 Å². The average molecular weight is 201 g/mol. The van der Waals surface area contributed by atoms with Gasteiger partial charge in [-0.3, -0.25) is 0 Å². The van der Waals surface area contributed by atoms with Crippen LogP contribution in [0, 0.1) is 11.3 Å². The highest BCUT2D eigenvalue weighted by molar-refractivity contribution is 4.96. The molecule has 0 aliphatic heterocycles. The molecule has 1 rings (SSSR count). The molecule has 0 aromatic rings. The first-order chi connectivity index (χ1) is 6.71. The lowest BCUT2D eigenvalue weighted by Gasteiger charge is -2.19. The van der Waals surface area contributed by atoms with Crippen molar-refractivity contribution in [1.82, 2.24) is 5.32 Å². The van der Waals surface area contributed by atoms with Gasteiger partial charge in [-0.05, 0) is 30.7 Å². The normalized spacial score (nSPS) is 16.3. The quantitative estimate of drug-likeness (QED) is 0.722. The molecule has 1 heteroatoms. The summed E-state index contributed by atoms with van der Waals surface area (Å²) in [7, 11) is 0. The van der Waals surface area contributed by atoms with Crippen LogP contribution >= 0.6 is 0 Å². The monoisotopic (exact) mass is 201 g/mol. The zero-order valence-electron chi connectivity index (χ0n) is 11.4. The maximum Gasteiger partial charge on any atom is 0.00101 e.